The molecule has 0 amide bonds. The predicted molar refractivity (Wildman–Crippen MR) is 70.2 cm³/mol. The highest BCUT2D eigenvalue weighted by Gasteiger charge is 2.39. The molecule has 1 unspecified atom stereocenters. The van der Waals surface area contributed by atoms with E-state index in [2.05, 4.69) is 0 Å². The summed E-state index contributed by atoms with van der Waals surface area (Å²) in [5, 5.41) is 9.34. The normalized spacial score (nSPS) is 23.2. The van der Waals surface area contributed by atoms with Crippen LogP contribution < -0.4 is 0 Å². The highest BCUT2D eigenvalue weighted by Crippen LogP contribution is 2.35. The molecule has 0 fully saturated rings. The number of hydrogen-bond acceptors (Lipinski definition) is 2. The average molecular weight is 244 g/mol. The molecule has 0 saturated heterocycles. The smallest absolute Gasteiger partial charge is 0.340 e. The fourth-order valence-corrected chi connectivity index (χ4v) is 2.16. The molecule has 94 valence electrons. The highest BCUT2D eigenvalue weighted by molar-refractivity contribution is 5.87. The number of carboxylic acids is 1. The number of carboxylic acid groups (broad SMARTS) is 1. The Morgan fingerprint density at radius 1 is 1.33 bits per heavy atom. The van der Waals surface area contributed by atoms with E-state index in [1.54, 1.807) is 6.08 Å². The van der Waals surface area contributed by atoms with Crippen LogP contribution >= 0.6 is 0 Å². The lowest BCUT2D eigenvalue weighted by Gasteiger charge is -2.29. The number of carbonyl (C=O) groups is 1. The summed E-state index contributed by atoms with van der Waals surface area (Å²) in [6.07, 6.45) is 3.80. The van der Waals surface area contributed by atoms with Crippen LogP contribution in [0.2, 0.25) is 0 Å². The van der Waals surface area contributed by atoms with Gasteiger partial charge in [-0.1, -0.05) is 36.4 Å². The fourth-order valence-electron chi connectivity index (χ4n) is 2.16. The Morgan fingerprint density at radius 2 is 2.00 bits per heavy atom. The van der Waals surface area contributed by atoms with Gasteiger partial charge in [-0.2, -0.15) is 0 Å². The Balaban J connectivity index is 2.43. The maximum absolute atomic E-state index is 11.4. The molecule has 1 N–H and O–H groups in total. The van der Waals surface area contributed by atoms with Crippen molar-refractivity contribution in [2.24, 2.45) is 0 Å². The quantitative estimate of drug-likeness (QED) is 0.889. The van der Waals surface area contributed by atoms with Crippen molar-refractivity contribution in [3.8, 4) is 0 Å². The van der Waals surface area contributed by atoms with Crippen LogP contribution in [0.3, 0.4) is 0 Å². The van der Waals surface area contributed by atoms with E-state index < -0.39 is 11.6 Å². The molecule has 3 nitrogen and oxygen atoms in total. The number of ether oxygens (including phenoxy) is 1. The molecule has 0 saturated carbocycles. The van der Waals surface area contributed by atoms with E-state index in [0.717, 1.165) is 16.7 Å². The molecule has 1 aromatic rings. The lowest BCUT2D eigenvalue weighted by Crippen LogP contribution is -2.40. The number of hydrogen-bond donors (Lipinski definition) is 1. The Hall–Kier alpha value is -1.87. The summed E-state index contributed by atoms with van der Waals surface area (Å²) in [5.41, 5.74) is 1.89. The van der Waals surface area contributed by atoms with E-state index in [1.165, 1.54) is 7.11 Å². The van der Waals surface area contributed by atoms with Gasteiger partial charge in [-0.25, -0.2) is 4.79 Å². The van der Waals surface area contributed by atoms with E-state index in [-0.39, 0.29) is 0 Å². The van der Waals surface area contributed by atoms with E-state index in [1.807, 2.05) is 43.3 Å². The number of benzene rings is 1. The van der Waals surface area contributed by atoms with Crippen molar-refractivity contribution in [1.82, 2.24) is 0 Å². The minimum atomic E-state index is -1.25. The first kappa shape index (κ1) is 12.6. The van der Waals surface area contributed by atoms with Gasteiger partial charge in [0.15, 0.2) is 5.60 Å². The van der Waals surface area contributed by atoms with Crippen LogP contribution in [-0.2, 0) is 9.53 Å². The molecule has 2 rings (SSSR count). The summed E-state index contributed by atoms with van der Waals surface area (Å²) in [6, 6.07) is 9.81. The third-order valence-electron chi connectivity index (χ3n) is 3.37. The molecular weight excluding hydrogens is 228 g/mol. The second kappa shape index (κ2) is 4.78. The van der Waals surface area contributed by atoms with Crippen molar-refractivity contribution < 1.29 is 14.6 Å². The van der Waals surface area contributed by atoms with Crippen LogP contribution in [-0.4, -0.2) is 23.8 Å². The molecule has 0 aromatic heterocycles. The van der Waals surface area contributed by atoms with Gasteiger partial charge >= 0.3 is 5.97 Å². The molecule has 0 radical (unpaired) electrons. The number of aliphatic carboxylic acids is 1. The van der Waals surface area contributed by atoms with Crippen LogP contribution in [0.5, 0.6) is 0 Å². The van der Waals surface area contributed by atoms with E-state index in [4.69, 9.17) is 4.74 Å². The van der Waals surface area contributed by atoms with Crippen molar-refractivity contribution in [2.75, 3.05) is 7.11 Å². The summed E-state index contributed by atoms with van der Waals surface area (Å²) >= 11 is 0. The Morgan fingerprint density at radius 3 is 2.56 bits per heavy atom. The number of rotatable bonds is 3. The highest BCUT2D eigenvalue weighted by atomic mass is 16.5. The third kappa shape index (κ3) is 2.09. The summed E-state index contributed by atoms with van der Waals surface area (Å²) in [6.45, 7) is 1.99. The SMILES string of the molecule is COC1(C(=O)O)C=CC(C)=C(c2ccccc2)C1. The van der Waals surface area contributed by atoms with E-state index >= 15 is 0 Å². The largest absolute Gasteiger partial charge is 0.479 e. The molecule has 0 aliphatic heterocycles. The third-order valence-corrected chi connectivity index (χ3v) is 3.37. The second-order valence-electron chi connectivity index (χ2n) is 4.44. The summed E-state index contributed by atoms with van der Waals surface area (Å²) < 4.78 is 5.22. The summed E-state index contributed by atoms with van der Waals surface area (Å²) in [7, 11) is 1.43. The van der Waals surface area contributed by atoms with Crippen molar-refractivity contribution in [3.05, 3.63) is 53.6 Å². The Bertz CT molecular complexity index is 514. The van der Waals surface area contributed by atoms with E-state index in [9.17, 15) is 9.90 Å². The molecule has 0 bridgehead atoms. The monoisotopic (exact) mass is 244 g/mol. The van der Waals surface area contributed by atoms with Gasteiger partial charge in [-0.3, -0.25) is 0 Å². The first-order valence-electron chi connectivity index (χ1n) is 5.82. The molecule has 0 spiro atoms. The molecule has 1 aliphatic rings. The summed E-state index contributed by atoms with van der Waals surface area (Å²) in [5.74, 6) is -0.956. The first-order chi connectivity index (χ1) is 8.59. The predicted octanol–water partition coefficient (Wildman–Crippen LogP) is 2.89. The van der Waals surface area contributed by atoms with Gasteiger partial charge < -0.3 is 9.84 Å². The number of methoxy groups -OCH3 is 1. The van der Waals surface area contributed by atoms with Crippen LogP contribution in [0, 0.1) is 0 Å². The van der Waals surface area contributed by atoms with Gasteiger partial charge in [0, 0.05) is 13.5 Å². The molecule has 0 heterocycles. The minimum absolute atomic E-state index is 0.352. The van der Waals surface area contributed by atoms with Gasteiger partial charge in [0.25, 0.3) is 0 Å². The van der Waals surface area contributed by atoms with Gasteiger partial charge in [0.05, 0.1) is 0 Å². The van der Waals surface area contributed by atoms with Crippen molar-refractivity contribution >= 4 is 11.5 Å². The molecule has 1 aliphatic carbocycles. The zero-order valence-corrected chi connectivity index (χ0v) is 10.5. The van der Waals surface area contributed by atoms with Crippen molar-refractivity contribution in [3.63, 3.8) is 0 Å². The molecular formula is C15H16O3. The van der Waals surface area contributed by atoms with Crippen molar-refractivity contribution in [1.29, 1.82) is 0 Å². The topological polar surface area (TPSA) is 46.5 Å². The van der Waals surface area contributed by atoms with E-state index in [0.29, 0.717) is 6.42 Å². The summed E-state index contributed by atoms with van der Waals surface area (Å²) in [4.78, 5) is 11.4. The lowest BCUT2D eigenvalue weighted by molar-refractivity contribution is -0.155. The standard InChI is InChI=1S/C15H16O3/c1-11-8-9-15(18-2,14(16)17)10-13(11)12-6-4-3-5-7-12/h3-9H,10H2,1-2H3,(H,16,17). The molecule has 18 heavy (non-hydrogen) atoms. The Labute approximate surface area is 106 Å². The second-order valence-corrected chi connectivity index (χ2v) is 4.44. The average Bonchev–Trinajstić information content (AvgIpc) is 2.40. The van der Waals surface area contributed by atoms with Crippen LogP contribution in [0.4, 0.5) is 0 Å². The van der Waals surface area contributed by atoms with Gasteiger partial charge in [0.2, 0.25) is 0 Å². The van der Waals surface area contributed by atoms with Gasteiger partial charge in [-0.05, 0) is 29.7 Å². The maximum atomic E-state index is 11.4. The molecule has 3 heteroatoms. The maximum Gasteiger partial charge on any atom is 0.340 e. The first-order valence-corrected chi connectivity index (χ1v) is 5.82. The zero-order chi connectivity index (χ0) is 13.2. The zero-order valence-electron chi connectivity index (χ0n) is 10.5. The minimum Gasteiger partial charge on any atom is -0.479 e. The van der Waals surface area contributed by atoms with Crippen LogP contribution in [0.1, 0.15) is 18.9 Å². The van der Waals surface area contributed by atoms with Gasteiger partial charge in [0.1, 0.15) is 0 Å². The number of allylic oxidation sites excluding steroid dienone is 2. The molecule has 1 aromatic carbocycles. The molecule has 1 atom stereocenters. The van der Waals surface area contributed by atoms with Crippen molar-refractivity contribution in [2.45, 2.75) is 18.9 Å². The van der Waals surface area contributed by atoms with Crippen LogP contribution in [0.25, 0.3) is 5.57 Å². The fraction of sp³-hybridized carbons (Fsp3) is 0.267. The lowest BCUT2D eigenvalue weighted by atomic mass is 9.83. The van der Waals surface area contributed by atoms with Crippen LogP contribution in [0.15, 0.2) is 48.1 Å². The Kier molecular flexibility index (Phi) is 3.34. The van der Waals surface area contributed by atoms with Gasteiger partial charge in [-0.15, -0.1) is 0 Å².